The summed E-state index contributed by atoms with van der Waals surface area (Å²) in [4.78, 5) is 0. The predicted molar refractivity (Wildman–Crippen MR) is 64.5 cm³/mol. The first-order valence-electron chi connectivity index (χ1n) is 6.86. The van der Waals surface area contributed by atoms with Crippen molar-refractivity contribution in [3.8, 4) is 0 Å². The van der Waals surface area contributed by atoms with Crippen LogP contribution >= 0.6 is 0 Å². The van der Waals surface area contributed by atoms with E-state index in [1.165, 1.54) is 64.2 Å². The first-order chi connectivity index (χ1) is 6.86. The van der Waals surface area contributed by atoms with E-state index in [0.29, 0.717) is 0 Å². The standard InChI is InChI=1S/2C7H14.V/c2*1-2-7-5-3-4-6-7;/h2*7H,2-6H2,1H3;. The van der Waals surface area contributed by atoms with Gasteiger partial charge in [-0.3, -0.25) is 0 Å². The van der Waals surface area contributed by atoms with Gasteiger partial charge in [-0.25, -0.2) is 0 Å². The van der Waals surface area contributed by atoms with E-state index in [2.05, 4.69) is 13.8 Å². The molecule has 2 aliphatic rings. The summed E-state index contributed by atoms with van der Waals surface area (Å²) in [7, 11) is 0. The van der Waals surface area contributed by atoms with Crippen molar-refractivity contribution in [3.05, 3.63) is 0 Å². The Bertz CT molecular complexity index is 105. The van der Waals surface area contributed by atoms with Crippen LogP contribution in [0.1, 0.15) is 78.1 Å². The number of hydrogen-bond acceptors (Lipinski definition) is 0. The normalized spacial score (nSPS) is 22.0. The van der Waals surface area contributed by atoms with E-state index in [9.17, 15) is 0 Å². The van der Waals surface area contributed by atoms with Crippen molar-refractivity contribution in [2.24, 2.45) is 11.8 Å². The molecule has 0 aromatic heterocycles. The number of rotatable bonds is 2. The molecule has 0 saturated heterocycles. The summed E-state index contributed by atoms with van der Waals surface area (Å²) >= 11 is 0. The van der Waals surface area contributed by atoms with Gasteiger partial charge in [-0.1, -0.05) is 78.1 Å². The topological polar surface area (TPSA) is 0 Å². The van der Waals surface area contributed by atoms with Crippen LogP contribution in [0.3, 0.4) is 0 Å². The van der Waals surface area contributed by atoms with Crippen LogP contribution in [0.4, 0.5) is 0 Å². The van der Waals surface area contributed by atoms with Gasteiger partial charge in [0, 0.05) is 18.6 Å². The summed E-state index contributed by atoms with van der Waals surface area (Å²) in [6.07, 6.45) is 14.9. The van der Waals surface area contributed by atoms with Gasteiger partial charge in [0.2, 0.25) is 0 Å². The molecule has 0 aromatic carbocycles. The summed E-state index contributed by atoms with van der Waals surface area (Å²) in [5, 5.41) is 0. The predicted octanol–water partition coefficient (Wildman–Crippen LogP) is 5.17. The molecule has 2 saturated carbocycles. The largest absolute Gasteiger partial charge is 0.0651 e. The van der Waals surface area contributed by atoms with Crippen LogP contribution < -0.4 is 0 Å². The molecule has 0 N–H and O–H groups in total. The molecule has 0 bridgehead atoms. The molecule has 0 aliphatic heterocycles. The molecule has 1 radical (unpaired) electrons. The SMILES string of the molecule is CCC1CCCC1.CCC1CCCC1.[V]. The Balaban J connectivity index is 0.000000245. The molecular weight excluding hydrogens is 219 g/mol. The van der Waals surface area contributed by atoms with Gasteiger partial charge in [-0.2, -0.15) is 0 Å². The van der Waals surface area contributed by atoms with Crippen molar-refractivity contribution in [2.45, 2.75) is 78.1 Å². The second-order valence-electron chi connectivity index (χ2n) is 5.12. The van der Waals surface area contributed by atoms with E-state index in [1.807, 2.05) is 0 Å². The molecule has 15 heavy (non-hydrogen) atoms. The molecule has 0 aromatic rings. The maximum absolute atomic E-state index is 2.30. The quantitative estimate of drug-likeness (QED) is 0.631. The Labute approximate surface area is 108 Å². The second kappa shape index (κ2) is 9.79. The summed E-state index contributed by atoms with van der Waals surface area (Å²) in [6.45, 7) is 4.60. The summed E-state index contributed by atoms with van der Waals surface area (Å²) in [5.74, 6) is 2.19. The van der Waals surface area contributed by atoms with Crippen molar-refractivity contribution in [1.29, 1.82) is 0 Å². The van der Waals surface area contributed by atoms with Crippen LogP contribution in [0.5, 0.6) is 0 Å². The fourth-order valence-electron chi connectivity index (χ4n) is 2.84. The molecule has 2 rings (SSSR count). The van der Waals surface area contributed by atoms with Crippen molar-refractivity contribution in [3.63, 3.8) is 0 Å². The minimum Gasteiger partial charge on any atom is -0.0651 e. The molecule has 2 aliphatic carbocycles. The molecule has 0 nitrogen and oxygen atoms in total. The minimum absolute atomic E-state index is 0. The van der Waals surface area contributed by atoms with Crippen LogP contribution in [0.15, 0.2) is 0 Å². The molecule has 1 heteroatoms. The maximum atomic E-state index is 2.30. The molecule has 0 spiro atoms. The summed E-state index contributed by atoms with van der Waals surface area (Å²) in [6, 6.07) is 0. The van der Waals surface area contributed by atoms with Crippen LogP contribution in [0.2, 0.25) is 0 Å². The third-order valence-corrected chi connectivity index (χ3v) is 4.10. The monoisotopic (exact) mass is 247 g/mol. The molecule has 89 valence electrons. The zero-order valence-corrected chi connectivity index (χ0v) is 12.1. The van der Waals surface area contributed by atoms with Gasteiger partial charge in [-0.05, 0) is 11.8 Å². The minimum atomic E-state index is 0. The smallest absolute Gasteiger partial charge is 0 e. The van der Waals surface area contributed by atoms with Crippen LogP contribution in [0, 0.1) is 11.8 Å². The molecular formula is C14H28V. The van der Waals surface area contributed by atoms with E-state index in [4.69, 9.17) is 0 Å². The van der Waals surface area contributed by atoms with E-state index in [-0.39, 0.29) is 18.6 Å². The Morgan fingerprint density at radius 3 is 1.07 bits per heavy atom. The van der Waals surface area contributed by atoms with Crippen molar-refractivity contribution < 1.29 is 18.6 Å². The van der Waals surface area contributed by atoms with E-state index in [0.717, 1.165) is 11.8 Å². The van der Waals surface area contributed by atoms with Crippen LogP contribution in [-0.2, 0) is 18.6 Å². The summed E-state index contributed by atoms with van der Waals surface area (Å²) < 4.78 is 0. The molecule has 2 fully saturated rings. The van der Waals surface area contributed by atoms with Gasteiger partial charge < -0.3 is 0 Å². The van der Waals surface area contributed by atoms with Crippen LogP contribution in [-0.4, -0.2) is 0 Å². The second-order valence-corrected chi connectivity index (χ2v) is 5.12. The van der Waals surface area contributed by atoms with Gasteiger partial charge in [0.25, 0.3) is 0 Å². The summed E-state index contributed by atoms with van der Waals surface area (Å²) in [5.41, 5.74) is 0. The van der Waals surface area contributed by atoms with Crippen LogP contribution in [0.25, 0.3) is 0 Å². The van der Waals surface area contributed by atoms with Gasteiger partial charge in [-0.15, -0.1) is 0 Å². The molecule has 0 atom stereocenters. The van der Waals surface area contributed by atoms with E-state index < -0.39 is 0 Å². The van der Waals surface area contributed by atoms with Gasteiger partial charge in [0.1, 0.15) is 0 Å². The van der Waals surface area contributed by atoms with E-state index in [1.54, 1.807) is 0 Å². The van der Waals surface area contributed by atoms with Crippen molar-refractivity contribution in [2.75, 3.05) is 0 Å². The van der Waals surface area contributed by atoms with Crippen molar-refractivity contribution >= 4 is 0 Å². The fraction of sp³-hybridized carbons (Fsp3) is 1.00. The Morgan fingerprint density at radius 1 is 0.667 bits per heavy atom. The maximum Gasteiger partial charge on any atom is 0 e. The zero-order chi connectivity index (χ0) is 10.2. The van der Waals surface area contributed by atoms with Gasteiger partial charge >= 0.3 is 0 Å². The average molecular weight is 247 g/mol. The van der Waals surface area contributed by atoms with Gasteiger partial charge in [0.15, 0.2) is 0 Å². The first kappa shape index (κ1) is 15.6. The number of hydrogen-bond donors (Lipinski definition) is 0. The Kier molecular flexibility index (Phi) is 10.2. The fourth-order valence-corrected chi connectivity index (χ4v) is 2.84. The molecule has 0 amide bonds. The van der Waals surface area contributed by atoms with Gasteiger partial charge in [0.05, 0.1) is 0 Å². The van der Waals surface area contributed by atoms with E-state index >= 15 is 0 Å². The Hall–Kier alpha value is 0.584. The molecule has 0 unspecified atom stereocenters. The first-order valence-corrected chi connectivity index (χ1v) is 6.86. The third-order valence-electron chi connectivity index (χ3n) is 4.10. The average Bonchev–Trinajstić information content (AvgIpc) is 2.92. The van der Waals surface area contributed by atoms with Crippen molar-refractivity contribution in [1.82, 2.24) is 0 Å². The Morgan fingerprint density at radius 2 is 0.933 bits per heavy atom. The molecule has 0 heterocycles. The third kappa shape index (κ3) is 6.69. The zero-order valence-electron chi connectivity index (χ0n) is 10.7.